The summed E-state index contributed by atoms with van der Waals surface area (Å²) in [6.45, 7) is 0. The molecule has 5 nitrogen and oxygen atoms in total. The highest BCUT2D eigenvalue weighted by molar-refractivity contribution is 7.95. The van der Waals surface area contributed by atoms with Crippen molar-refractivity contribution in [3.05, 3.63) is 71.1 Å². The lowest BCUT2D eigenvalue weighted by molar-refractivity contribution is 0.0927. The van der Waals surface area contributed by atoms with Crippen LogP contribution in [0, 0.1) is 0 Å². The van der Waals surface area contributed by atoms with E-state index < -0.39 is 10.0 Å². The molecule has 1 amide bonds. The van der Waals surface area contributed by atoms with Crippen molar-refractivity contribution in [2.24, 2.45) is 0 Å². The van der Waals surface area contributed by atoms with Crippen LogP contribution in [0.25, 0.3) is 6.08 Å². The van der Waals surface area contributed by atoms with Gasteiger partial charge in [0.05, 0.1) is 5.41 Å². The Balaban J connectivity index is 1.59. The molecule has 0 radical (unpaired) electrons. The summed E-state index contributed by atoms with van der Waals surface area (Å²) in [4.78, 5) is 12.3. The van der Waals surface area contributed by atoms with Gasteiger partial charge in [0, 0.05) is 17.3 Å². The lowest BCUT2D eigenvalue weighted by atomic mass is 9.95. The lowest BCUT2D eigenvalue weighted by Crippen LogP contribution is -2.36. The number of hydrogen-bond acceptors (Lipinski definition) is 3. The number of benzene rings is 2. The molecule has 3 rings (SSSR count). The molecule has 2 aromatic rings. The first-order chi connectivity index (χ1) is 13.0. The molecule has 1 aliphatic rings. The number of sulfonamides is 1. The van der Waals surface area contributed by atoms with Gasteiger partial charge >= 0.3 is 0 Å². The first kappa shape index (κ1) is 19.2. The van der Waals surface area contributed by atoms with E-state index in [0.717, 1.165) is 36.7 Å². The highest BCUT2D eigenvalue weighted by Gasteiger charge is 2.16. The molecule has 1 saturated carbocycles. The Morgan fingerprint density at radius 3 is 2.26 bits per heavy atom. The van der Waals surface area contributed by atoms with E-state index in [4.69, 9.17) is 0 Å². The topological polar surface area (TPSA) is 75.3 Å². The number of anilines is 1. The lowest BCUT2D eigenvalue weighted by Gasteiger charge is -2.22. The van der Waals surface area contributed by atoms with E-state index in [2.05, 4.69) is 10.0 Å². The Labute approximate surface area is 160 Å². The quantitative estimate of drug-likeness (QED) is 0.785. The highest BCUT2D eigenvalue weighted by atomic mass is 32.2. The summed E-state index contributed by atoms with van der Waals surface area (Å²) < 4.78 is 26.8. The number of hydrogen-bond donors (Lipinski definition) is 2. The molecule has 6 heteroatoms. The molecule has 1 aliphatic carbocycles. The largest absolute Gasteiger partial charge is 0.349 e. The minimum atomic E-state index is -3.62. The fourth-order valence-electron chi connectivity index (χ4n) is 3.14. The van der Waals surface area contributed by atoms with Gasteiger partial charge in [0.2, 0.25) is 0 Å². The first-order valence-corrected chi connectivity index (χ1v) is 10.7. The zero-order valence-corrected chi connectivity index (χ0v) is 15.9. The maximum atomic E-state index is 12.3. The van der Waals surface area contributed by atoms with Crippen LogP contribution >= 0.6 is 0 Å². The Bertz CT molecular complexity index is 885. The zero-order chi connectivity index (χ0) is 19.1. The van der Waals surface area contributed by atoms with E-state index in [1.165, 1.54) is 12.5 Å². The Morgan fingerprint density at radius 2 is 1.59 bits per heavy atom. The van der Waals surface area contributed by atoms with Crippen LogP contribution in [0.3, 0.4) is 0 Å². The van der Waals surface area contributed by atoms with Gasteiger partial charge in [-0.2, -0.15) is 0 Å². The van der Waals surface area contributed by atoms with Gasteiger partial charge in [-0.05, 0) is 48.7 Å². The molecular formula is C21H24N2O3S. The van der Waals surface area contributed by atoms with Crippen molar-refractivity contribution in [1.29, 1.82) is 0 Å². The van der Waals surface area contributed by atoms with Gasteiger partial charge in [-0.25, -0.2) is 8.42 Å². The molecule has 1 fully saturated rings. The summed E-state index contributed by atoms with van der Waals surface area (Å²) in [5.41, 5.74) is 1.75. The van der Waals surface area contributed by atoms with Crippen LogP contribution in [-0.4, -0.2) is 20.4 Å². The Morgan fingerprint density at radius 1 is 0.926 bits per heavy atom. The molecule has 0 atom stereocenters. The fraction of sp³-hybridized carbons (Fsp3) is 0.286. The molecule has 142 valence electrons. The summed E-state index contributed by atoms with van der Waals surface area (Å²) in [5.74, 6) is -0.111. The first-order valence-electron chi connectivity index (χ1n) is 9.19. The van der Waals surface area contributed by atoms with Gasteiger partial charge in [-0.1, -0.05) is 49.6 Å². The third-order valence-corrected chi connectivity index (χ3v) is 5.60. The zero-order valence-electron chi connectivity index (χ0n) is 15.1. The number of nitrogens with one attached hydrogen (secondary N) is 2. The van der Waals surface area contributed by atoms with Crippen LogP contribution in [-0.2, 0) is 10.0 Å². The minimum absolute atomic E-state index is 0.111. The van der Waals surface area contributed by atoms with Crippen LogP contribution in [0.4, 0.5) is 5.69 Å². The molecule has 0 spiro atoms. The van der Waals surface area contributed by atoms with E-state index >= 15 is 0 Å². The molecule has 0 bridgehead atoms. The molecule has 2 N–H and O–H groups in total. The second-order valence-electron chi connectivity index (χ2n) is 6.75. The second-order valence-corrected chi connectivity index (χ2v) is 8.31. The van der Waals surface area contributed by atoms with Gasteiger partial charge < -0.3 is 5.32 Å². The summed E-state index contributed by atoms with van der Waals surface area (Å²) in [5, 5.41) is 4.18. The molecule has 0 saturated heterocycles. The van der Waals surface area contributed by atoms with Crippen molar-refractivity contribution in [3.8, 4) is 0 Å². The van der Waals surface area contributed by atoms with E-state index in [-0.39, 0.29) is 11.9 Å². The average molecular weight is 385 g/mol. The molecule has 0 aliphatic heterocycles. The molecule has 2 aromatic carbocycles. The fourth-order valence-corrected chi connectivity index (χ4v) is 4.00. The van der Waals surface area contributed by atoms with E-state index in [0.29, 0.717) is 11.3 Å². The number of amides is 1. The van der Waals surface area contributed by atoms with Crippen LogP contribution < -0.4 is 10.0 Å². The molecule has 0 heterocycles. The van der Waals surface area contributed by atoms with Crippen LogP contribution in [0.15, 0.2) is 60.0 Å². The summed E-state index contributed by atoms with van der Waals surface area (Å²) in [7, 11) is -3.62. The van der Waals surface area contributed by atoms with E-state index in [9.17, 15) is 13.2 Å². The minimum Gasteiger partial charge on any atom is -0.349 e. The van der Waals surface area contributed by atoms with Crippen LogP contribution in [0.5, 0.6) is 0 Å². The number of carbonyl (C=O) groups excluding carboxylic acids is 1. The summed E-state index contributed by atoms with van der Waals surface area (Å²) >= 11 is 0. The number of carbonyl (C=O) groups is 1. The van der Waals surface area contributed by atoms with Crippen molar-refractivity contribution in [1.82, 2.24) is 5.32 Å². The van der Waals surface area contributed by atoms with E-state index in [1.54, 1.807) is 24.3 Å². The average Bonchev–Trinajstić information content (AvgIpc) is 2.68. The van der Waals surface area contributed by atoms with Crippen LogP contribution in [0.2, 0.25) is 0 Å². The van der Waals surface area contributed by atoms with Gasteiger partial charge in [0.15, 0.2) is 0 Å². The van der Waals surface area contributed by atoms with Crippen molar-refractivity contribution in [2.45, 2.75) is 38.1 Å². The van der Waals surface area contributed by atoms with Gasteiger partial charge in [-0.15, -0.1) is 0 Å². The SMILES string of the molecule is O=C(NC1CCCCC1)c1ccc(NS(=O)(=O)C=Cc2ccccc2)cc1. The second kappa shape index (κ2) is 8.86. The highest BCUT2D eigenvalue weighted by Crippen LogP contribution is 2.18. The molecule has 27 heavy (non-hydrogen) atoms. The molecule has 0 unspecified atom stereocenters. The van der Waals surface area contributed by atoms with Gasteiger partial charge in [0.25, 0.3) is 15.9 Å². The van der Waals surface area contributed by atoms with Crippen molar-refractivity contribution < 1.29 is 13.2 Å². The maximum absolute atomic E-state index is 12.3. The van der Waals surface area contributed by atoms with Gasteiger partial charge in [-0.3, -0.25) is 9.52 Å². The predicted molar refractivity (Wildman–Crippen MR) is 109 cm³/mol. The third-order valence-electron chi connectivity index (χ3n) is 4.59. The third kappa shape index (κ3) is 5.96. The van der Waals surface area contributed by atoms with E-state index in [1.807, 2.05) is 30.3 Å². The predicted octanol–water partition coefficient (Wildman–Crippen LogP) is 4.16. The normalized spacial score (nSPS) is 15.6. The number of rotatable bonds is 6. The summed E-state index contributed by atoms with van der Waals surface area (Å²) in [6, 6.07) is 15.9. The van der Waals surface area contributed by atoms with Crippen molar-refractivity contribution in [2.75, 3.05) is 4.72 Å². The Kier molecular flexibility index (Phi) is 6.29. The molecular weight excluding hydrogens is 360 g/mol. The van der Waals surface area contributed by atoms with Crippen molar-refractivity contribution in [3.63, 3.8) is 0 Å². The smallest absolute Gasteiger partial charge is 0.255 e. The van der Waals surface area contributed by atoms with Gasteiger partial charge in [0.1, 0.15) is 0 Å². The molecule has 0 aromatic heterocycles. The maximum Gasteiger partial charge on any atom is 0.255 e. The summed E-state index contributed by atoms with van der Waals surface area (Å²) in [6.07, 6.45) is 7.13. The standard InChI is InChI=1S/C21H24N2O3S/c24-21(22-19-9-5-2-6-10-19)18-11-13-20(14-12-18)23-27(25,26)16-15-17-7-3-1-4-8-17/h1,3-4,7-8,11-16,19,23H,2,5-6,9-10H2,(H,22,24). The monoisotopic (exact) mass is 384 g/mol. The van der Waals surface area contributed by atoms with Crippen molar-refractivity contribution >= 4 is 27.7 Å². The van der Waals surface area contributed by atoms with Crippen LogP contribution in [0.1, 0.15) is 48.0 Å². The Hall–Kier alpha value is -2.60.